The molecule has 23 heteroatoms. The van der Waals surface area contributed by atoms with Gasteiger partial charge in [-0.1, -0.05) is 65.0 Å². The average Bonchev–Trinajstić information content (AvgIpc) is 3.25. The molecule has 18 N–H and O–H groups in total. The Balaban J connectivity index is 2.74. The Bertz CT molecular complexity index is 1830. The number of benzene rings is 1. The van der Waals surface area contributed by atoms with Gasteiger partial charge in [-0.2, -0.15) is 0 Å². The predicted molar refractivity (Wildman–Crippen MR) is 248 cm³/mol. The van der Waals surface area contributed by atoms with E-state index >= 15 is 0 Å². The van der Waals surface area contributed by atoms with Crippen LogP contribution in [0.2, 0.25) is 0 Å². The number of nitrogens with two attached hydrogens (primary N) is 4. The van der Waals surface area contributed by atoms with Crippen molar-refractivity contribution in [2.45, 2.75) is 141 Å². The molecule has 0 radical (unpaired) electrons. The van der Waals surface area contributed by atoms with Gasteiger partial charge in [0.15, 0.2) is 0 Å². The number of hydrogen-bond acceptors (Lipinski definition) is 14. The third-order valence-corrected chi connectivity index (χ3v) is 10.7. The maximum Gasteiger partial charge on any atom is 0.245 e. The van der Waals surface area contributed by atoms with Crippen LogP contribution in [-0.2, 0) is 49.6 Å². The minimum atomic E-state index is -1.60. The van der Waals surface area contributed by atoms with Gasteiger partial charge in [0, 0.05) is 18.4 Å². The van der Waals surface area contributed by atoms with Crippen LogP contribution in [0, 0.1) is 11.3 Å². The number of aliphatic hydroxyl groups excluding tert-OH is 1. The summed E-state index contributed by atoms with van der Waals surface area (Å²) in [7, 11) is 0. The molecule has 0 aliphatic carbocycles. The van der Waals surface area contributed by atoms with E-state index in [1.807, 2.05) is 13.8 Å². The van der Waals surface area contributed by atoms with Crippen LogP contribution in [0.1, 0.15) is 85.6 Å². The zero-order valence-corrected chi connectivity index (χ0v) is 39.6. The van der Waals surface area contributed by atoms with Crippen molar-refractivity contribution in [3.8, 4) is 0 Å². The summed E-state index contributed by atoms with van der Waals surface area (Å²) in [4.78, 5) is 124. The minimum absolute atomic E-state index is 0.0173. The van der Waals surface area contributed by atoms with Gasteiger partial charge in [-0.3, -0.25) is 43.2 Å². The van der Waals surface area contributed by atoms with Gasteiger partial charge in [-0.15, -0.1) is 0 Å². The molecule has 1 saturated heterocycles. The third kappa shape index (κ3) is 19.6. The van der Waals surface area contributed by atoms with Gasteiger partial charge in [-0.05, 0) is 83.1 Å². The molecule has 0 saturated carbocycles. The summed E-state index contributed by atoms with van der Waals surface area (Å²) in [6.45, 7) is 9.11. The predicted octanol–water partition coefficient (Wildman–Crippen LogP) is -4.50. The SMILES string of the molecule is CC(C)C[C@@H]1NC(=O)[C@@H](Cc2ccccc2)NC(=O)[C@H](CCN)NC(=O)[C@@H](NC(=O)[C@H](CCN)NC(=O)C(C)(C)C)CCNC(=O)[C@H]([C@@H](C)O)NC(=O)[C@H](CCN)NC(=O)[C@H](CCN)NC1=O. The lowest BCUT2D eigenvalue weighted by Gasteiger charge is -2.28. The zero-order chi connectivity index (χ0) is 50.4. The monoisotopic (exact) mass is 946 g/mol. The van der Waals surface area contributed by atoms with E-state index in [9.17, 15) is 48.3 Å². The summed E-state index contributed by atoms with van der Waals surface area (Å²) >= 11 is 0. The molecule has 0 spiro atoms. The van der Waals surface area contributed by atoms with Crippen LogP contribution in [0.3, 0.4) is 0 Å². The third-order valence-electron chi connectivity index (χ3n) is 10.7. The lowest BCUT2D eigenvalue weighted by molar-refractivity contribution is -0.136. The van der Waals surface area contributed by atoms with Crippen molar-refractivity contribution >= 4 is 53.2 Å². The maximum atomic E-state index is 14.3. The summed E-state index contributed by atoms with van der Waals surface area (Å²) in [5.41, 5.74) is 23.1. The van der Waals surface area contributed by atoms with Crippen molar-refractivity contribution in [1.29, 1.82) is 0 Å². The van der Waals surface area contributed by atoms with E-state index in [1.54, 1.807) is 51.1 Å². The van der Waals surface area contributed by atoms with Crippen LogP contribution in [-0.4, -0.2) is 145 Å². The van der Waals surface area contributed by atoms with Gasteiger partial charge in [-0.25, -0.2) is 0 Å². The number of carbonyl (C=O) groups excluding carboxylic acids is 9. The van der Waals surface area contributed by atoms with Gasteiger partial charge >= 0.3 is 0 Å². The molecule has 0 aromatic heterocycles. The molecule has 9 amide bonds. The standard InChI is InChI=1S/C44H75N13O10/c1-24(2)22-32-40(64)52-27(12-17-45)35(59)51-29(14-19-47)39(63)57-34(25(3)58)42(66)49-21-16-31(53-37(61)30(15-20-48)56-43(67)44(4,5)6)38(62)50-28(13-18-46)36(60)55-33(41(65)54-32)23-26-10-8-7-9-11-26/h7-11,24-25,27-34,58H,12-23,45-48H2,1-6H3,(H,49,66)(H,50,62)(H,51,59)(H,52,64)(H,53,61)(H,54,65)(H,55,60)(H,56,67)(H,57,63)/t25-,27+,28+,29+,30+,31+,32+,33-,34+/m1/s1. The Kier molecular flexibility index (Phi) is 24.3. The minimum Gasteiger partial charge on any atom is -0.391 e. The Morgan fingerprint density at radius 2 is 1.12 bits per heavy atom. The van der Waals surface area contributed by atoms with Crippen LogP contribution >= 0.6 is 0 Å². The van der Waals surface area contributed by atoms with Crippen molar-refractivity contribution in [3.63, 3.8) is 0 Å². The highest BCUT2D eigenvalue weighted by Gasteiger charge is 2.36. The number of carbonyl (C=O) groups is 9. The van der Waals surface area contributed by atoms with Crippen molar-refractivity contribution in [2.75, 3.05) is 32.7 Å². The van der Waals surface area contributed by atoms with Gasteiger partial charge < -0.3 is 75.9 Å². The van der Waals surface area contributed by atoms with E-state index in [2.05, 4.69) is 47.9 Å². The van der Waals surface area contributed by atoms with E-state index in [0.29, 0.717) is 5.56 Å². The molecule has 1 heterocycles. The van der Waals surface area contributed by atoms with E-state index in [1.165, 1.54) is 6.92 Å². The molecule has 1 fully saturated rings. The molecule has 2 rings (SSSR count). The lowest BCUT2D eigenvalue weighted by atomic mass is 9.95. The summed E-state index contributed by atoms with van der Waals surface area (Å²) in [5.74, 6) is -7.36. The van der Waals surface area contributed by atoms with Crippen LogP contribution in [0.5, 0.6) is 0 Å². The molecular weight excluding hydrogens is 871 g/mol. The molecule has 1 aliphatic rings. The smallest absolute Gasteiger partial charge is 0.245 e. The Morgan fingerprint density at radius 3 is 1.60 bits per heavy atom. The molecule has 9 atom stereocenters. The molecule has 1 aromatic carbocycles. The highest BCUT2D eigenvalue weighted by molar-refractivity contribution is 5.98. The highest BCUT2D eigenvalue weighted by Crippen LogP contribution is 2.14. The highest BCUT2D eigenvalue weighted by atomic mass is 16.3. The summed E-state index contributed by atoms with van der Waals surface area (Å²) in [6, 6.07) is -2.21. The lowest BCUT2D eigenvalue weighted by Crippen LogP contribution is -2.61. The van der Waals surface area contributed by atoms with Crippen LogP contribution in [0.4, 0.5) is 0 Å². The van der Waals surface area contributed by atoms with Gasteiger partial charge in [0.05, 0.1) is 6.10 Å². The van der Waals surface area contributed by atoms with Gasteiger partial charge in [0.1, 0.15) is 48.3 Å². The summed E-state index contributed by atoms with van der Waals surface area (Å²) in [5, 5.41) is 34.0. The number of aliphatic hydroxyl groups is 1. The van der Waals surface area contributed by atoms with E-state index < -0.39 is 113 Å². The second-order valence-corrected chi connectivity index (χ2v) is 18.1. The Morgan fingerprint density at radius 1 is 0.657 bits per heavy atom. The van der Waals surface area contributed by atoms with Gasteiger partial charge in [0.25, 0.3) is 0 Å². The second kappa shape index (κ2) is 28.4. The normalized spacial score (nSPS) is 24.4. The van der Waals surface area contributed by atoms with E-state index in [4.69, 9.17) is 22.9 Å². The molecule has 1 aromatic rings. The zero-order valence-electron chi connectivity index (χ0n) is 39.6. The Hall–Kier alpha value is -5.75. The molecular formula is C44H75N13O10. The van der Waals surface area contributed by atoms with Crippen molar-refractivity contribution in [1.82, 2.24) is 47.9 Å². The fourth-order valence-corrected chi connectivity index (χ4v) is 6.89. The quantitative estimate of drug-likeness (QED) is 0.0743. The summed E-state index contributed by atoms with van der Waals surface area (Å²) in [6.07, 6.45) is -2.16. The van der Waals surface area contributed by atoms with Crippen molar-refractivity contribution in [2.24, 2.45) is 34.3 Å². The van der Waals surface area contributed by atoms with Crippen molar-refractivity contribution in [3.05, 3.63) is 35.9 Å². The number of hydrogen-bond donors (Lipinski definition) is 14. The van der Waals surface area contributed by atoms with E-state index in [-0.39, 0.29) is 83.6 Å². The average molecular weight is 946 g/mol. The molecule has 376 valence electrons. The van der Waals surface area contributed by atoms with Crippen LogP contribution in [0.25, 0.3) is 0 Å². The number of nitrogens with one attached hydrogen (secondary N) is 9. The maximum absolute atomic E-state index is 14.3. The molecule has 67 heavy (non-hydrogen) atoms. The summed E-state index contributed by atoms with van der Waals surface area (Å²) < 4.78 is 0. The van der Waals surface area contributed by atoms with Gasteiger partial charge in [0.2, 0.25) is 53.2 Å². The fourth-order valence-electron chi connectivity index (χ4n) is 6.89. The molecule has 1 aliphatic heterocycles. The van der Waals surface area contributed by atoms with Crippen molar-refractivity contribution < 1.29 is 48.3 Å². The second-order valence-electron chi connectivity index (χ2n) is 18.1. The largest absolute Gasteiger partial charge is 0.391 e. The molecule has 0 unspecified atom stereocenters. The topological polar surface area (TPSA) is 386 Å². The van der Waals surface area contributed by atoms with E-state index in [0.717, 1.165) is 0 Å². The molecule has 0 bridgehead atoms. The van der Waals surface area contributed by atoms with Crippen LogP contribution < -0.4 is 70.8 Å². The first-order valence-corrected chi connectivity index (χ1v) is 22.8. The first-order valence-electron chi connectivity index (χ1n) is 22.8. The molecule has 23 nitrogen and oxygen atoms in total. The first-order chi connectivity index (χ1) is 31.6. The van der Waals surface area contributed by atoms with Crippen LogP contribution in [0.15, 0.2) is 30.3 Å². The fraction of sp³-hybridized carbons (Fsp3) is 0.659. The number of amides is 9. The number of rotatable bonds is 16. The Labute approximate surface area is 392 Å². The first kappa shape index (κ1) is 57.4.